The van der Waals surface area contributed by atoms with Crippen LogP contribution in [0.25, 0.3) is 0 Å². The first-order valence-corrected chi connectivity index (χ1v) is 7.73. The summed E-state index contributed by atoms with van der Waals surface area (Å²) in [5, 5.41) is 0.698. The predicted octanol–water partition coefficient (Wildman–Crippen LogP) is 5.93. The summed E-state index contributed by atoms with van der Waals surface area (Å²) >= 11 is 21.2. The first-order valence-electron chi connectivity index (χ1n) is 5.46. The van der Waals surface area contributed by atoms with Crippen LogP contribution in [0.5, 0.6) is 5.75 Å². The van der Waals surface area contributed by atoms with Crippen molar-refractivity contribution in [3.05, 3.63) is 61.1 Å². The van der Waals surface area contributed by atoms with Gasteiger partial charge in [-0.25, -0.2) is 0 Å². The molecule has 5 heteroatoms. The molecule has 0 aliphatic carbocycles. The Labute approximate surface area is 141 Å². The van der Waals surface area contributed by atoms with E-state index >= 15 is 0 Å². The van der Waals surface area contributed by atoms with Gasteiger partial charge in [0, 0.05) is 14.7 Å². The molecule has 2 aromatic rings. The fourth-order valence-corrected chi connectivity index (χ4v) is 3.56. The molecule has 0 amide bonds. The van der Waals surface area contributed by atoms with E-state index in [1.807, 2.05) is 24.3 Å². The Bertz CT molecular complexity index is 601. The van der Waals surface area contributed by atoms with Gasteiger partial charge in [0.2, 0.25) is 0 Å². The lowest BCUT2D eigenvalue weighted by Crippen LogP contribution is -1.98. The second kappa shape index (κ2) is 6.53. The molecule has 1 nitrogen and oxygen atoms in total. The van der Waals surface area contributed by atoms with Gasteiger partial charge in [-0.3, -0.25) is 0 Å². The molecule has 2 aromatic carbocycles. The summed E-state index contributed by atoms with van der Waals surface area (Å²) in [6.45, 7) is 0. The van der Waals surface area contributed by atoms with Gasteiger partial charge in [-0.15, -0.1) is 11.6 Å². The first-order chi connectivity index (χ1) is 9.04. The van der Waals surface area contributed by atoms with Crippen molar-refractivity contribution in [1.82, 2.24) is 0 Å². The third-order valence-electron chi connectivity index (χ3n) is 2.72. The van der Waals surface area contributed by atoms with Crippen LogP contribution in [0.15, 0.2) is 36.4 Å². The van der Waals surface area contributed by atoms with E-state index < -0.39 is 0 Å². The first kappa shape index (κ1) is 15.2. The highest BCUT2D eigenvalue weighted by molar-refractivity contribution is 14.1. The Balaban J connectivity index is 2.48. The standard InChI is InChI=1S/C14H10Cl3IO/c1-19-13-7-10(15)9(6-11(13)16)14(17)8-4-2-3-5-12(8)18/h2-7,14H,1H3. The molecule has 0 radical (unpaired) electrons. The van der Waals surface area contributed by atoms with E-state index in [4.69, 9.17) is 39.5 Å². The molecular formula is C14H10Cl3IO. The number of benzene rings is 2. The second-order valence-electron chi connectivity index (χ2n) is 3.89. The molecule has 0 aliphatic heterocycles. The van der Waals surface area contributed by atoms with Crippen LogP contribution in [-0.4, -0.2) is 7.11 Å². The van der Waals surface area contributed by atoms with Crippen LogP contribution in [0.1, 0.15) is 16.5 Å². The molecule has 0 fully saturated rings. The zero-order valence-electron chi connectivity index (χ0n) is 9.96. The third kappa shape index (κ3) is 3.30. The fourth-order valence-electron chi connectivity index (χ4n) is 1.74. The number of rotatable bonds is 3. The molecule has 0 aliphatic rings. The van der Waals surface area contributed by atoms with Crippen molar-refractivity contribution in [3.8, 4) is 5.75 Å². The van der Waals surface area contributed by atoms with Crippen molar-refractivity contribution in [2.75, 3.05) is 7.11 Å². The van der Waals surface area contributed by atoms with Crippen LogP contribution in [-0.2, 0) is 0 Å². The second-order valence-corrected chi connectivity index (χ2v) is 6.31. The topological polar surface area (TPSA) is 9.23 Å². The molecule has 0 aromatic heterocycles. The maximum atomic E-state index is 6.52. The number of hydrogen-bond acceptors (Lipinski definition) is 1. The van der Waals surface area contributed by atoms with E-state index in [0.717, 1.165) is 14.7 Å². The van der Waals surface area contributed by atoms with Crippen LogP contribution in [0.4, 0.5) is 0 Å². The van der Waals surface area contributed by atoms with E-state index in [2.05, 4.69) is 22.6 Å². The number of alkyl halides is 1. The Morgan fingerprint density at radius 3 is 2.37 bits per heavy atom. The molecule has 0 heterocycles. The van der Waals surface area contributed by atoms with Crippen LogP contribution < -0.4 is 4.74 Å². The number of hydrogen-bond donors (Lipinski definition) is 0. The van der Waals surface area contributed by atoms with Gasteiger partial charge in [-0.05, 0) is 45.9 Å². The van der Waals surface area contributed by atoms with Crippen LogP contribution >= 0.6 is 57.4 Å². The smallest absolute Gasteiger partial charge is 0.138 e. The van der Waals surface area contributed by atoms with Gasteiger partial charge in [-0.2, -0.15) is 0 Å². The van der Waals surface area contributed by atoms with E-state index in [1.165, 1.54) is 0 Å². The van der Waals surface area contributed by atoms with E-state index in [-0.39, 0.29) is 5.38 Å². The van der Waals surface area contributed by atoms with Gasteiger partial charge in [0.05, 0.1) is 17.5 Å². The Kier molecular flexibility index (Phi) is 5.23. The number of methoxy groups -OCH3 is 1. The SMILES string of the molecule is COc1cc(Cl)c(C(Cl)c2ccccc2I)cc1Cl. The lowest BCUT2D eigenvalue weighted by atomic mass is 10.0. The average Bonchev–Trinajstić information content (AvgIpc) is 2.40. The zero-order valence-corrected chi connectivity index (χ0v) is 14.4. The summed E-state index contributed by atoms with van der Waals surface area (Å²) in [6, 6.07) is 11.3. The van der Waals surface area contributed by atoms with Crippen molar-refractivity contribution >= 4 is 57.4 Å². The monoisotopic (exact) mass is 426 g/mol. The van der Waals surface area contributed by atoms with Crippen molar-refractivity contribution in [2.24, 2.45) is 0 Å². The summed E-state index contributed by atoms with van der Waals surface area (Å²) in [7, 11) is 1.55. The van der Waals surface area contributed by atoms with Gasteiger partial charge >= 0.3 is 0 Å². The lowest BCUT2D eigenvalue weighted by Gasteiger charge is -2.15. The van der Waals surface area contributed by atoms with Crippen molar-refractivity contribution < 1.29 is 4.74 Å². The molecule has 1 unspecified atom stereocenters. The summed E-state index contributed by atoms with van der Waals surface area (Å²) in [5.41, 5.74) is 1.78. The van der Waals surface area contributed by atoms with Crippen molar-refractivity contribution in [2.45, 2.75) is 5.38 Å². The number of halogens is 4. The molecule has 1 atom stereocenters. The van der Waals surface area contributed by atoms with Gasteiger partial charge in [-0.1, -0.05) is 41.4 Å². The minimum atomic E-state index is -0.344. The molecule has 0 saturated carbocycles. The van der Waals surface area contributed by atoms with Gasteiger partial charge < -0.3 is 4.74 Å². The molecule has 0 spiro atoms. The fraction of sp³-hybridized carbons (Fsp3) is 0.143. The maximum Gasteiger partial charge on any atom is 0.138 e. The minimum Gasteiger partial charge on any atom is -0.495 e. The molecule has 2 rings (SSSR count). The van der Waals surface area contributed by atoms with Crippen LogP contribution in [0.2, 0.25) is 10.0 Å². The lowest BCUT2D eigenvalue weighted by molar-refractivity contribution is 0.415. The average molecular weight is 427 g/mol. The highest BCUT2D eigenvalue weighted by Gasteiger charge is 2.18. The minimum absolute atomic E-state index is 0.344. The predicted molar refractivity (Wildman–Crippen MR) is 89.9 cm³/mol. The van der Waals surface area contributed by atoms with Gasteiger partial charge in [0.1, 0.15) is 5.75 Å². The van der Waals surface area contributed by atoms with Crippen molar-refractivity contribution in [1.29, 1.82) is 0 Å². The van der Waals surface area contributed by atoms with E-state index in [1.54, 1.807) is 19.2 Å². The Hall–Kier alpha value is -0.160. The summed E-state index contributed by atoms with van der Waals surface area (Å²) in [4.78, 5) is 0. The quantitative estimate of drug-likeness (QED) is 0.435. The summed E-state index contributed by atoms with van der Waals surface area (Å²) in [6.07, 6.45) is 0. The molecule has 0 N–H and O–H groups in total. The molecule has 0 saturated heterocycles. The third-order valence-corrected chi connectivity index (χ3v) is 4.80. The molecular weight excluding hydrogens is 417 g/mol. The summed E-state index contributed by atoms with van der Waals surface area (Å²) < 4.78 is 6.22. The van der Waals surface area contributed by atoms with Crippen LogP contribution in [0, 0.1) is 3.57 Å². The van der Waals surface area contributed by atoms with Gasteiger partial charge in [0.25, 0.3) is 0 Å². The molecule has 0 bridgehead atoms. The molecule has 19 heavy (non-hydrogen) atoms. The van der Waals surface area contributed by atoms with Gasteiger partial charge in [0.15, 0.2) is 0 Å². The largest absolute Gasteiger partial charge is 0.495 e. The highest BCUT2D eigenvalue weighted by atomic mass is 127. The maximum absolute atomic E-state index is 6.52. The Morgan fingerprint density at radius 2 is 1.74 bits per heavy atom. The zero-order chi connectivity index (χ0) is 14.0. The highest BCUT2D eigenvalue weighted by Crippen LogP contribution is 2.40. The number of ether oxygens (including phenoxy) is 1. The molecule has 100 valence electrons. The van der Waals surface area contributed by atoms with Crippen LogP contribution in [0.3, 0.4) is 0 Å². The summed E-state index contributed by atoms with van der Waals surface area (Å²) in [5.74, 6) is 0.544. The van der Waals surface area contributed by atoms with E-state index in [0.29, 0.717) is 15.8 Å². The van der Waals surface area contributed by atoms with E-state index in [9.17, 15) is 0 Å². The van der Waals surface area contributed by atoms with Crippen molar-refractivity contribution in [3.63, 3.8) is 0 Å². The Morgan fingerprint density at radius 1 is 1.05 bits per heavy atom. The normalized spacial score (nSPS) is 12.3.